The molecule has 2 aromatic carbocycles. The van der Waals surface area contributed by atoms with E-state index in [0.29, 0.717) is 0 Å². The van der Waals surface area contributed by atoms with E-state index in [1.807, 2.05) is 6.20 Å². The van der Waals surface area contributed by atoms with Gasteiger partial charge in [0.2, 0.25) is 0 Å². The summed E-state index contributed by atoms with van der Waals surface area (Å²) in [6.45, 7) is 8.77. The SMILES string of the molecule is Cc1cc2c3c(ccc(C)c3c1)-c1ncc(C)c(C)c1C2. The van der Waals surface area contributed by atoms with Crippen LogP contribution in [0.15, 0.2) is 30.5 Å². The average molecular weight is 273 g/mol. The lowest BCUT2D eigenvalue weighted by molar-refractivity contribution is 1.08. The van der Waals surface area contributed by atoms with Crippen molar-refractivity contribution in [3.05, 3.63) is 63.8 Å². The molecule has 0 aliphatic heterocycles. The Morgan fingerprint density at radius 3 is 2.57 bits per heavy atom. The molecule has 0 bridgehead atoms. The molecule has 1 heterocycles. The van der Waals surface area contributed by atoms with E-state index in [1.165, 1.54) is 55.4 Å². The molecule has 0 unspecified atom stereocenters. The highest BCUT2D eigenvalue weighted by atomic mass is 14.7. The second-order valence-electron chi connectivity index (χ2n) is 6.35. The molecule has 1 heteroatoms. The van der Waals surface area contributed by atoms with Gasteiger partial charge in [-0.05, 0) is 66.3 Å². The highest BCUT2D eigenvalue weighted by Gasteiger charge is 2.22. The first-order valence-electron chi connectivity index (χ1n) is 7.54. The summed E-state index contributed by atoms with van der Waals surface area (Å²) in [4.78, 5) is 4.76. The molecule has 0 atom stereocenters. The molecule has 21 heavy (non-hydrogen) atoms. The fourth-order valence-electron chi connectivity index (χ4n) is 3.60. The van der Waals surface area contributed by atoms with Gasteiger partial charge < -0.3 is 0 Å². The summed E-state index contributed by atoms with van der Waals surface area (Å²) < 4.78 is 0. The smallest absolute Gasteiger partial charge is 0.0746 e. The first kappa shape index (κ1) is 12.6. The quantitative estimate of drug-likeness (QED) is 0.437. The molecule has 1 nitrogen and oxygen atoms in total. The minimum Gasteiger partial charge on any atom is -0.256 e. The Balaban J connectivity index is 2.19. The number of nitrogens with zero attached hydrogens (tertiary/aromatic N) is 1. The maximum Gasteiger partial charge on any atom is 0.0746 e. The summed E-state index contributed by atoms with van der Waals surface area (Å²) in [5.74, 6) is 0. The predicted octanol–water partition coefficient (Wildman–Crippen LogP) is 5.04. The van der Waals surface area contributed by atoms with E-state index in [4.69, 9.17) is 4.98 Å². The zero-order chi connectivity index (χ0) is 14.7. The van der Waals surface area contributed by atoms with Crippen molar-refractivity contribution in [2.75, 3.05) is 0 Å². The Kier molecular flexibility index (Phi) is 2.50. The van der Waals surface area contributed by atoms with E-state index in [0.717, 1.165) is 6.42 Å². The standard InChI is InChI=1S/C20H19N/c1-11-7-15-9-18-14(4)13(3)10-21-20(18)16-6-5-12(2)17(8-11)19(15)16/h5-8,10H,9H2,1-4H3. The number of pyridine rings is 1. The third-order valence-electron chi connectivity index (χ3n) is 4.90. The molecule has 3 aromatic rings. The molecule has 104 valence electrons. The van der Waals surface area contributed by atoms with Gasteiger partial charge in [0.25, 0.3) is 0 Å². The van der Waals surface area contributed by atoms with Gasteiger partial charge in [-0.3, -0.25) is 4.98 Å². The zero-order valence-electron chi connectivity index (χ0n) is 13.0. The number of aromatic nitrogens is 1. The lowest BCUT2D eigenvalue weighted by atomic mass is 9.82. The number of hydrogen-bond donors (Lipinski definition) is 0. The van der Waals surface area contributed by atoms with Gasteiger partial charge in [-0.15, -0.1) is 0 Å². The van der Waals surface area contributed by atoms with Gasteiger partial charge in [0.05, 0.1) is 5.69 Å². The van der Waals surface area contributed by atoms with Crippen LogP contribution in [0.4, 0.5) is 0 Å². The molecule has 0 N–H and O–H groups in total. The van der Waals surface area contributed by atoms with Gasteiger partial charge in [0.15, 0.2) is 0 Å². The van der Waals surface area contributed by atoms with Crippen molar-refractivity contribution in [2.24, 2.45) is 0 Å². The summed E-state index contributed by atoms with van der Waals surface area (Å²) >= 11 is 0. The van der Waals surface area contributed by atoms with E-state index in [9.17, 15) is 0 Å². The van der Waals surface area contributed by atoms with Gasteiger partial charge in [0, 0.05) is 18.2 Å². The molecule has 0 fully saturated rings. The van der Waals surface area contributed by atoms with Crippen LogP contribution in [0.5, 0.6) is 0 Å². The Morgan fingerprint density at radius 1 is 0.952 bits per heavy atom. The van der Waals surface area contributed by atoms with Crippen LogP contribution in [0.3, 0.4) is 0 Å². The summed E-state index contributed by atoms with van der Waals surface area (Å²) in [6.07, 6.45) is 3.02. The second kappa shape index (κ2) is 4.17. The Bertz CT molecular complexity index is 904. The zero-order valence-corrected chi connectivity index (χ0v) is 13.0. The van der Waals surface area contributed by atoms with Gasteiger partial charge in [-0.25, -0.2) is 0 Å². The highest BCUT2D eigenvalue weighted by Crippen LogP contribution is 2.41. The van der Waals surface area contributed by atoms with Gasteiger partial charge >= 0.3 is 0 Å². The number of benzene rings is 2. The van der Waals surface area contributed by atoms with Crippen molar-refractivity contribution in [2.45, 2.75) is 34.1 Å². The van der Waals surface area contributed by atoms with Crippen LogP contribution in [-0.4, -0.2) is 4.98 Å². The van der Waals surface area contributed by atoms with Gasteiger partial charge in [-0.1, -0.05) is 29.8 Å². The second-order valence-corrected chi connectivity index (χ2v) is 6.35. The Hall–Kier alpha value is -2.15. The molecule has 0 saturated carbocycles. The normalized spacial score (nSPS) is 12.6. The summed E-state index contributed by atoms with van der Waals surface area (Å²) in [5.41, 5.74) is 10.7. The molecule has 1 aliphatic carbocycles. The van der Waals surface area contributed by atoms with Crippen LogP contribution < -0.4 is 0 Å². The topological polar surface area (TPSA) is 12.9 Å². The molecular formula is C20H19N. The maximum absolute atomic E-state index is 4.76. The van der Waals surface area contributed by atoms with Crippen LogP contribution in [-0.2, 0) is 6.42 Å². The minimum atomic E-state index is 1.00. The molecular weight excluding hydrogens is 254 g/mol. The fourth-order valence-corrected chi connectivity index (χ4v) is 3.60. The summed E-state index contributed by atoms with van der Waals surface area (Å²) in [7, 11) is 0. The maximum atomic E-state index is 4.76. The summed E-state index contributed by atoms with van der Waals surface area (Å²) in [6, 6.07) is 9.13. The van der Waals surface area contributed by atoms with Crippen molar-refractivity contribution in [3.8, 4) is 11.3 Å². The third kappa shape index (κ3) is 1.67. The van der Waals surface area contributed by atoms with Crippen molar-refractivity contribution in [1.29, 1.82) is 0 Å². The van der Waals surface area contributed by atoms with Crippen LogP contribution in [0.25, 0.3) is 22.0 Å². The van der Waals surface area contributed by atoms with Crippen LogP contribution in [0.1, 0.15) is 33.4 Å². The molecule has 0 radical (unpaired) electrons. The lowest BCUT2D eigenvalue weighted by Crippen LogP contribution is -2.07. The van der Waals surface area contributed by atoms with E-state index >= 15 is 0 Å². The number of rotatable bonds is 0. The van der Waals surface area contributed by atoms with Crippen LogP contribution >= 0.6 is 0 Å². The van der Waals surface area contributed by atoms with E-state index in [2.05, 4.69) is 52.0 Å². The highest BCUT2D eigenvalue weighted by molar-refractivity contribution is 6.03. The van der Waals surface area contributed by atoms with E-state index in [1.54, 1.807) is 0 Å². The molecule has 0 saturated heterocycles. The van der Waals surface area contributed by atoms with Crippen molar-refractivity contribution in [3.63, 3.8) is 0 Å². The van der Waals surface area contributed by atoms with Crippen molar-refractivity contribution < 1.29 is 0 Å². The van der Waals surface area contributed by atoms with E-state index in [-0.39, 0.29) is 0 Å². The Morgan fingerprint density at radius 2 is 1.76 bits per heavy atom. The molecule has 4 rings (SSSR count). The van der Waals surface area contributed by atoms with Gasteiger partial charge in [0.1, 0.15) is 0 Å². The molecule has 0 amide bonds. The number of aryl methyl sites for hydroxylation is 3. The minimum absolute atomic E-state index is 1.00. The van der Waals surface area contributed by atoms with Gasteiger partial charge in [-0.2, -0.15) is 0 Å². The monoisotopic (exact) mass is 273 g/mol. The molecule has 0 spiro atoms. The fraction of sp³-hybridized carbons (Fsp3) is 0.250. The van der Waals surface area contributed by atoms with Crippen LogP contribution in [0.2, 0.25) is 0 Å². The third-order valence-corrected chi connectivity index (χ3v) is 4.90. The first-order valence-corrected chi connectivity index (χ1v) is 7.54. The lowest BCUT2D eigenvalue weighted by Gasteiger charge is -2.23. The number of hydrogen-bond acceptors (Lipinski definition) is 1. The average Bonchev–Trinajstić information content (AvgIpc) is 2.46. The molecule has 1 aromatic heterocycles. The molecule has 1 aliphatic rings. The first-order chi connectivity index (χ1) is 10.1. The van der Waals surface area contributed by atoms with Crippen molar-refractivity contribution >= 4 is 10.8 Å². The predicted molar refractivity (Wildman–Crippen MR) is 88.9 cm³/mol. The van der Waals surface area contributed by atoms with Crippen LogP contribution in [0, 0.1) is 27.7 Å². The Labute approximate surface area is 125 Å². The number of fused-ring (bicyclic) bond motifs is 2. The van der Waals surface area contributed by atoms with E-state index < -0.39 is 0 Å². The summed E-state index contributed by atoms with van der Waals surface area (Å²) in [5, 5.41) is 2.79. The van der Waals surface area contributed by atoms with Crippen molar-refractivity contribution in [1.82, 2.24) is 4.98 Å². The largest absolute Gasteiger partial charge is 0.256 e.